The number of nitrogens with zero attached hydrogens (tertiary/aromatic N) is 3. The number of halogens is 2. The molecule has 2 saturated heterocycles. The van der Waals surface area contributed by atoms with Crippen molar-refractivity contribution in [3.05, 3.63) is 35.4 Å². The molecule has 1 saturated carbocycles. The van der Waals surface area contributed by atoms with E-state index in [2.05, 4.69) is 14.9 Å². The van der Waals surface area contributed by atoms with Gasteiger partial charge in [-0.2, -0.15) is 0 Å². The lowest BCUT2D eigenvalue weighted by atomic mass is 9.93. The largest absolute Gasteiger partial charge is 0.489 e. The van der Waals surface area contributed by atoms with Crippen LogP contribution in [0.15, 0.2) is 24.3 Å². The number of rotatable bonds is 12. The molecule has 1 unspecified atom stereocenters. The summed E-state index contributed by atoms with van der Waals surface area (Å²) in [5, 5.41) is 2.94. The third-order valence-electron chi connectivity index (χ3n) is 10.7. The Morgan fingerprint density at radius 1 is 1.06 bits per heavy atom. The second-order valence-electron chi connectivity index (χ2n) is 14.3. The van der Waals surface area contributed by atoms with Gasteiger partial charge in [0.2, 0.25) is 10.0 Å². The lowest BCUT2D eigenvalue weighted by molar-refractivity contribution is -0.145. The number of carbonyl (C=O) groups is 2. The van der Waals surface area contributed by atoms with E-state index in [-0.39, 0.29) is 44.1 Å². The van der Waals surface area contributed by atoms with Crippen LogP contribution in [0, 0.1) is 11.3 Å². The van der Waals surface area contributed by atoms with Crippen molar-refractivity contribution in [2.45, 2.75) is 83.6 Å². The number of ether oxygens (including phenoxy) is 2. The van der Waals surface area contributed by atoms with Gasteiger partial charge in [-0.15, -0.1) is 0 Å². The number of pyridine rings is 1. The van der Waals surface area contributed by atoms with Gasteiger partial charge in [-0.3, -0.25) is 14.3 Å². The summed E-state index contributed by atoms with van der Waals surface area (Å²) in [7, 11) is -3.91. The maximum absolute atomic E-state index is 14.0. The highest BCUT2D eigenvalue weighted by Crippen LogP contribution is 2.54. The summed E-state index contributed by atoms with van der Waals surface area (Å²) in [4.78, 5) is 34.8. The number of aryl methyl sites for hydroxylation is 1. The topological polar surface area (TPSA) is 156 Å². The number of esters is 1. The average Bonchev–Trinajstić information content (AvgIpc) is 3.85. The maximum Gasteiger partial charge on any atom is 0.323 e. The summed E-state index contributed by atoms with van der Waals surface area (Å²) in [6.07, 6.45) is 5.98. The van der Waals surface area contributed by atoms with E-state index >= 15 is 0 Å². The summed E-state index contributed by atoms with van der Waals surface area (Å²) >= 11 is 0. The molecule has 274 valence electrons. The highest BCUT2D eigenvalue weighted by molar-refractivity contribution is 7.92. The van der Waals surface area contributed by atoms with E-state index in [9.17, 15) is 26.8 Å². The number of sulfonamides is 1. The molecule has 4 N–H and O–H groups in total. The summed E-state index contributed by atoms with van der Waals surface area (Å²) in [5.41, 5.74) is 8.35. The van der Waals surface area contributed by atoms with E-state index in [0.717, 1.165) is 37.9 Å². The minimum absolute atomic E-state index is 0.0967. The monoisotopic (exact) mass is 718 g/mol. The molecular formula is C35H48F2N6O6S. The number of carbonyl (C=O) groups excluding carboxylic acids is 2. The molecule has 1 aromatic carbocycles. The van der Waals surface area contributed by atoms with Crippen molar-refractivity contribution < 1.29 is 36.3 Å². The molecule has 3 aliphatic heterocycles. The Balaban J connectivity index is 1.20. The van der Waals surface area contributed by atoms with Crippen molar-refractivity contribution in [1.29, 1.82) is 0 Å². The number of hydrogen-bond donors (Lipinski definition) is 3. The molecule has 4 aliphatic rings. The van der Waals surface area contributed by atoms with E-state index in [1.807, 2.05) is 13.8 Å². The van der Waals surface area contributed by atoms with Crippen molar-refractivity contribution in [3.8, 4) is 5.75 Å². The summed E-state index contributed by atoms with van der Waals surface area (Å²) < 4.78 is 67.6. The Morgan fingerprint density at radius 2 is 1.76 bits per heavy atom. The molecule has 15 heteroatoms. The van der Waals surface area contributed by atoms with Gasteiger partial charge < -0.3 is 30.3 Å². The van der Waals surface area contributed by atoms with Crippen molar-refractivity contribution in [2.75, 3.05) is 65.0 Å². The predicted molar refractivity (Wildman–Crippen MR) is 188 cm³/mol. The van der Waals surface area contributed by atoms with E-state index in [4.69, 9.17) is 20.2 Å². The van der Waals surface area contributed by atoms with Crippen LogP contribution in [0.2, 0.25) is 0 Å². The van der Waals surface area contributed by atoms with Crippen LogP contribution < -0.4 is 30.3 Å². The molecule has 1 aromatic heterocycles. The maximum atomic E-state index is 14.0. The van der Waals surface area contributed by atoms with E-state index in [1.54, 1.807) is 23.1 Å². The van der Waals surface area contributed by atoms with Gasteiger partial charge in [0, 0.05) is 44.6 Å². The number of piperidine rings is 2. The van der Waals surface area contributed by atoms with Gasteiger partial charge in [0.25, 0.3) is 11.8 Å². The Morgan fingerprint density at radius 3 is 2.44 bits per heavy atom. The van der Waals surface area contributed by atoms with Gasteiger partial charge in [0.15, 0.2) is 11.6 Å². The molecule has 2 atom stereocenters. The van der Waals surface area contributed by atoms with Crippen molar-refractivity contribution in [1.82, 2.24) is 4.98 Å². The van der Waals surface area contributed by atoms with Gasteiger partial charge in [-0.05, 0) is 74.1 Å². The van der Waals surface area contributed by atoms with Gasteiger partial charge in [0.05, 0.1) is 23.5 Å². The first-order valence-electron chi connectivity index (χ1n) is 17.7. The fraction of sp³-hybridized carbons (Fsp3) is 0.629. The Hall–Kier alpha value is -3.72. The highest BCUT2D eigenvalue weighted by atomic mass is 32.2. The second kappa shape index (κ2) is 14.5. The first kappa shape index (κ1) is 36.1. The summed E-state index contributed by atoms with van der Waals surface area (Å²) in [5.74, 6) is -3.02. The Kier molecular flexibility index (Phi) is 10.5. The van der Waals surface area contributed by atoms with Gasteiger partial charge in [-0.25, -0.2) is 22.2 Å². The number of fused-ring (bicyclic) bond motifs is 1. The molecular weight excluding hydrogens is 670 g/mol. The molecule has 4 heterocycles. The minimum Gasteiger partial charge on any atom is -0.489 e. The molecule has 6 rings (SSSR count). The molecule has 3 fully saturated rings. The third kappa shape index (κ3) is 8.42. The van der Waals surface area contributed by atoms with Crippen molar-refractivity contribution in [3.63, 3.8) is 0 Å². The molecule has 0 radical (unpaired) electrons. The summed E-state index contributed by atoms with van der Waals surface area (Å²) in [6, 6.07) is 5.72. The average molecular weight is 719 g/mol. The van der Waals surface area contributed by atoms with Crippen LogP contribution in [-0.2, 0) is 26.0 Å². The van der Waals surface area contributed by atoms with Gasteiger partial charge in [0.1, 0.15) is 24.2 Å². The van der Waals surface area contributed by atoms with Crippen LogP contribution in [0.25, 0.3) is 0 Å². The fourth-order valence-corrected chi connectivity index (χ4v) is 7.76. The second-order valence-corrected chi connectivity index (χ2v) is 16.1. The Labute approximate surface area is 292 Å². The van der Waals surface area contributed by atoms with Crippen molar-refractivity contribution >= 4 is 44.9 Å². The Bertz CT molecular complexity index is 1680. The molecule has 12 nitrogen and oxygen atoms in total. The first-order valence-corrected chi connectivity index (χ1v) is 19.3. The fourth-order valence-electron chi connectivity index (χ4n) is 6.87. The third-order valence-corrected chi connectivity index (χ3v) is 11.9. The molecule has 50 heavy (non-hydrogen) atoms. The molecule has 2 aromatic rings. The van der Waals surface area contributed by atoms with E-state index in [1.165, 1.54) is 18.9 Å². The first-order chi connectivity index (χ1) is 23.8. The van der Waals surface area contributed by atoms with E-state index in [0.29, 0.717) is 53.5 Å². The molecule has 1 aliphatic carbocycles. The number of benzene rings is 1. The van der Waals surface area contributed by atoms with Gasteiger partial charge in [-0.1, -0.05) is 20.3 Å². The number of aromatic nitrogens is 1. The van der Waals surface area contributed by atoms with Crippen LogP contribution in [0.4, 0.5) is 31.8 Å². The lowest BCUT2D eigenvalue weighted by Gasteiger charge is -2.35. The van der Waals surface area contributed by atoms with Crippen LogP contribution in [-0.4, -0.2) is 82.4 Å². The summed E-state index contributed by atoms with van der Waals surface area (Å²) in [6.45, 7) is 5.59. The normalized spacial score (nSPS) is 20.7. The number of amides is 1. The quantitative estimate of drug-likeness (QED) is 0.257. The number of nitrogens with one attached hydrogen (secondary N) is 2. The molecule has 1 amide bonds. The number of alkyl halides is 2. The standard InChI is InChI=1S/C35H48F2N6O6S/c1-3-23(2)29(38)33(45)49-19-20-50(46,47)41-25-6-7-26(27(22-25)42-14-10-34(8-9-34)11-15-42)32(44)40-28-21-24-5-4-18-48-30(24)31(39-28)43-16-12-35(36,37)13-17-43/h6-7,21-23,29,41H,3-5,8-20,38H2,1-2H3,(H,39,40,44)/t23?,29-/m1/s1. The predicted octanol–water partition coefficient (Wildman–Crippen LogP) is 4.93. The van der Waals surface area contributed by atoms with Crippen LogP contribution in [0.5, 0.6) is 5.75 Å². The zero-order valence-corrected chi connectivity index (χ0v) is 29.6. The van der Waals surface area contributed by atoms with Crippen LogP contribution >= 0.6 is 0 Å². The van der Waals surface area contributed by atoms with Crippen molar-refractivity contribution in [2.24, 2.45) is 17.1 Å². The van der Waals surface area contributed by atoms with E-state index < -0.39 is 39.6 Å². The zero-order valence-electron chi connectivity index (χ0n) is 28.8. The minimum atomic E-state index is -3.91. The smallest absolute Gasteiger partial charge is 0.323 e. The zero-order chi connectivity index (χ0) is 35.7. The van der Waals surface area contributed by atoms with Gasteiger partial charge >= 0.3 is 5.97 Å². The number of hydrogen-bond acceptors (Lipinski definition) is 10. The lowest BCUT2D eigenvalue weighted by Crippen LogP contribution is -2.40. The molecule has 0 bridgehead atoms. The van der Waals surface area contributed by atoms with Crippen LogP contribution in [0.3, 0.4) is 0 Å². The molecule has 1 spiro atoms. The van der Waals surface area contributed by atoms with Crippen LogP contribution in [0.1, 0.15) is 81.1 Å². The SMILES string of the molecule is CCC(C)[C@@H](N)C(=O)OCCS(=O)(=O)Nc1ccc(C(=O)Nc2cc3c(c(N4CCC(F)(F)CC4)n2)OCCC3)c(N2CCC3(CC2)CC3)c1. The number of nitrogens with two attached hydrogens (primary N) is 1. The highest BCUT2D eigenvalue weighted by Gasteiger charge is 2.45. The number of anilines is 4.